The molecule has 0 aromatic rings. The third kappa shape index (κ3) is 5.09. The maximum atomic E-state index is 10.9. The van der Waals surface area contributed by atoms with E-state index in [2.05, 4.69) is 0 Å². The van der Waals surface area contributed by atoms with Crippen molar-refractivity contribution in [1.82, 2.24) is 0 Å². The number of hydrogen-bond acceptors (Lipinski definition) is 4. The highest BCUT2D eigenvalue weighted by molar-refractivity contribution is 5.75. The van der Waals surface area contributed by atoms with Crippen molar-refractivity contribution in [3.63, 3.8) is 0 Å². The highest BCUT2D eigenvalue weighted by atomic mass is 16.5. The summed E-state index contributed by atoms with van der Waals surface area (Å²) >= 11 is 0. The van der Waals surface area contributed by atoms with E-state index in [0.717, 1.165) is 6.42 Å². The number of nitrogens with two attached hydrogens (primary N) is 1. The van der Waals surface area contributed by atoms with Crippen LogP contribution < -0.4 is 5.73 Å². The van der Waals surface area contributed by atoms with Crippen molar-refractivity contribution in [2.75, 3.05) is 20.3 Å². The minimum Gasteiger partial charge on any atom is -0.464 e. The van der Waals surface area contributed by atoms with E-state index in [1.54, 1.807) is 7.11 Å². The average Bonchev–Trinajstić information content (AvgIpc) is 2.10. The summed E-state index contributed by atoms with van der Waals surface area (Å²) in [5.41, 5.74) is 5.43. The normalized spacial score (nSPS) is 12.6. The second-order valence-electron chi connectivity index (χ2n) is 2.53. The van der Waals surface area contributed by atoms with Gasteiger partial charge in [-0.05, 0) is 6.42 Å². The first-order valence-corrected chi connectivity index (χ1v) is 4.13. The van der Waals surface area contributed by atoms with Gasteiger partial charge in [0.2, 0.25) is 0 Å². The van der Waals surface area contributed by atoms with Gasteiger partial charge in [-0.25, -0.2) is 0 Å². The number of rotatable bonds is 6. The molecule has 4 nitrogen and oxygen atoms in total. The summed E-state index contributed by atoms with van der Waals surface area (Å²) in [6.45, 7) is 2.84. The molecule has 0 saturated carbocycles. The van der Waals surface area contributed by atoms with Crippen LogP contribution in [0.15, 0.2) is 0 Å². The molecule has 0 heterocycles. The van der Waals surface area contributed by atoms with E-state index in [0.29, 0.717) is 19.6 Å². The smallest absolute Gasteiger partial charge is 0.322 e. The quantitative estimate of drug-likeness (QED) is 0.466. The van der Waals surface area contributed by atoms with Gasteiger partial charge in [0.25, 0.3) is 0 Å². The van der Waals surface area contributed by atoms with E-state index in [1.165, 1.54) is 0 Å². The van der Waals surface area contributed by atoms with E-state index in [4.69, 9.17) is 15.2 Å². The summed E-state index contributed by atoms with van der Waals surface area (Å²) in [4.78, 5) is 10.9. The first kappa shape index (κ1) is 11.4. The molecule has 0 aliphatic carbocycles. The van der Waals surface area contributed by atoms with Crippen LogP contribution in [-0.4, -0.2) is 32.3 Å². The zero-order chi connectivity index (χ0) is 9.40. The Hall–Kier alpha value is -0.610. The minimum atomic E-state index is -0.479. The first-order chi connectivity index (χ1) is 5.72. The summed E-state index contributed by atoms with van der Waals surface area (Å²) in [7, 11) is 1.61. The Kier molecular flexibility index (Phi) is 6.70. The largest absolute Gasteiger partial charge is 0.464 e. The van der Waals surface area contributed by atoms with Gasteiger partial charge in [0.15, 0.2) is 0 Å². The third-order valence-corrected chi connectivity index (χ3v) is 1.48. The average molecular weight is 175 g/mol. The molecule has 0 radical (unpaired) electrons. The first-order valence-electron chi connectivity index (χ1n) is 4.13. The van der Waals surface area contributed by atoms with Crippen molar-refractivity contribution in [2.45, 2.75) is 25.8 Å². The lowest BCUT2D eigenvalue weighted by molar-refractivity contribution is -0.145. The lowest BCUT2D eigenvalue weighted by Gasteiger charge is -2.08. The van der Waals surface area contributed by atoms with E-state index in [-0.39, 0.29) is 5.97 Å². The molecule has 0 rings (SSSR count). The Bertz CT molecular complexity index is 127. The Labute approximate surface area is 73.0 Å². The zero-order valence-corrected chi connectivity index (χ0v) is 7.71. The van der Waals surface area contributed by atoms with Crippen molar-refractivity contribution in [1.29, 1.82) is 0 Å². The van der Waals surface area contributed by atoms with Crippen LogP contribution in [0, 0.1) is 0 Å². The van der Waals surface area contributed by atoms with Crippen molar-refractivity contribution >= 4 is 5.97 Å². The molecular weight excluding hydrogens is 158 g/mol. The number of carbonyl (C=O) groups excluding carboxylic acids is 1. The maximum Gasteiger partial charge on any atom is 0.322 e. The van der Waals surface area contributed by atoms with E-state index in [1.807, 2.05) is 6.92 Å². The van der Waals surface area contributed by atoms with Gasteiger partial charge < -0.3 is 15.2 Å². The Morgan fingerprint density at radius 2 is 2.17 bits per heavy atom. The van der Waals surface area contributed by atoms with Gasteiger partial charge in [-0.3, -0.25) is 4.79 Å². The number of methoxy groups -OCH3 is 1. The summed E-state index contributed by atoms with van der Waals surface area (Å²) in [6.07, 6.45) is 1.34. The summed E-state index contributed by atoms with van der Waals surface area (Å²) in [5, 5.41) is 0. The van der Waals surface area contributed by atoms with E-state index in [9.17, 15) is 4.79 Å². The van der Waals surface area contributed by atoms with Gasteiger partial charge in [0.05, 0.1) is 6.61 Å². The van der Waals surface area contributed by atoms with E-state index < -0.39 is 6.04 Å². The molecule has 0 fully saturated rings. The lowest BCUT2D eigenvalue weighted by Crippen LogP contribution is -2.31. The van der Waals surface area contributed by atoms with Gasteiger partial charge in [-0.2, -0.15) is 0 Å². The van der Waals surface area contributed by atoms with Crippen LogP contribution in [0.4, 0.5) is 0 Å². The number of ether oxygens (including phenoxy) is 2. The molecule has 72 valence electrons. The van der Waals surface area contributed by atoms with Gasteiger partial charge >= 0.3 is 5.97 Å². The molecule has 0 unspecified atom stereocenters. The number of hydrogen-bond donors (Lipinski definition) is 1. The van der Waals surface area contributed by atoms with Gasteiger partial charge in [-0.15, -0.1) is 0 Å². The van der Waals surface area contributed by atoms with Gasteiger partial charge in [0.1, 0.15) is 6.04 Å². The minimum absolute atomic E-state index is 0.325. The highest BCUT2D eigenvalue weighted by Gasteiger charge is 2.11. The molecule has 0 spiro atoms. The highest BCUT2D eigenvalue weighted by Crippen LogP contribution is 1.92. The van der Waals surface area contributed by atoms with Crippen LogP contribution >= 0.6 is 0 Å². The molecule has 0 aliphatic heterocycles. The second-order valence-corrected chi connectivity index (χ2v) is 2.53. The predicted octanol–water partition coefficient (Wildman–Crippen LogP) is 0.303. The van der Waals surface area contributed by atoms with Crippen molar-refractivity contribution in [3.8, 4) is 0 Å². The van der Waals surface area contributed by atoms with Crippen LogP contribution in [-0.2, 0) is 14.3 Å². The van der Waals surface area contributed by atoms with Crippen LogP contribution in [0.5, 0.6) is 0 Å². The van der Waals surface area contributed by atoms with Crippen LogP contribution in [0.2, 0.25) is 0 Å². The molecule has 1 atom stereocenters. The van der Waals surface area contributed by atoms with Crippen molar-refractivity contribution in [3.05, 3.63) is 0 Å². The molecule has 0 bridgehead atoms. The van der Waals surface area contributed by atoms with Crippen LogP contribution in [0.3, 0.4) is 0 Å². The molecule has 12 heavy (non-hydrogen) atoms. The SMILES string of the molecule is CC[C@H](N)C(=O)OCCCOC. The molecule has 4 heteroatoms. The number of carbonyl (C=O) groups is 1. The fraction of sp³-hybridized carbons (Fsp3) is 0.875. The summed E-state index contributed by atoms with van der Waals surface area (Å²) < 4.78 is 9.64. The second kappa shape index (κ2) is 7.06. The van der Waals surface area contributed by atoms with Gasteiger partial charge in [-0.1, -0.05) is 6.92 Å². The third-order valence-electron chi connectivity index (χ3n) is 1.48. The van der Waals surface area contributed by atoms with E-state index >= 15 is 0 Å². The summed E-state index contributed by atoms with van der Waals surface area (Å²) in [6, 6.07) is -0.479. The molecule has 0 aliphatic rings. The molecular formula is C8H17NO3. The molecule has 0 saturated heterocycles. The topological polar surface area (TPSA) is 61.6 Å². The Morgan fingerprint density at radius 1 is 1.50 bits per heavy atom. The molecule has 0 aromatic heterocycles. The Morgan fingerprint density at radius 3 is 2.67 bits per heavy atom. The standard InChI is InChI=1S/C8H17NO3/c1-3-7(9)8(10)12-6-4-5-11-2/h7H,3-6,9H2,1-2H3/t7-/m0/s1. The van der Waals surface area contributed by atoms with Crippen LogP contribution in [0.25, 0.3) is 0 Å². The van der Waals surface area contributed by atoms with Crippen LogP contribution in [0.1, 0.15) is 19.8 Å². The fourth-order valence-corrected chi connectivity index (χ4v) is 0.650. The lowest BCUT2D eigenvalue weighted by atomic mass is 10.2. The monoisotopic (exact) mass is 175 g/mol. The molecule has 0 aromatic carbocycles. The van der Waals surface area contributed by atoms with Gasteiger partial charge in [0, 0.05) is 20.1 Å². The summed E-state index contributed by atoms with van der Waals surface area (Å²) in [5.74, 6) is -0.325. The molecule has 0 amide bonds. The maximum absolute atomic E-state index is 10.9. The zero-order valence-electron chi connectivity index (χ0n) is 7.71. The predicted molar refractivity (Wildman–Crippen MR) is 45.7 cm³/mol. The Balaban J connectivity index is 3.31. The van der Waals surface area contributed by atoms with Crippen molar-refractivity contribution < 1.29 is 14.3 Å². The molecule has 2 N–H and O–H groups in total. The number of esters is 1. The fourth-order valence-electron chi connectivity index (χ4n) is 0.650. The van der Waals surface area contributed by atoms with Crippen molar-refractivity contribution in [2.24, 2.45) is 5.73 Å².